The van der Waals surface area contributed by atoms with Gasteiger partial charge in [-0.2, -0.15) is 0 Å². The molecule has 0 radical (unpaired) electrons. The molecule has 10 heavy (non-hydrogen) atoms. The van der Waals surface area contributed by atoms with Crippen molar-refractivity contribution < 1.29 is 4.42 Å². The van der Waals surface area contributed by atoms with Crippen LogP contribution in [0.1, 0.15) is 11.8 Å². The molecule has 0 N–H and O–H groups in total. The monoisotopic (exact) mass is 134 g/mol. The number of allylic oxidation sites excluding steroid dienone is 4. The summed E-state index contributed by atoms with van der Waals surface area (Å²) >= 11 is 0. The van der Waals surface area contributed by atoms with Crippen molar-refractivity contribution in [1.82, 2.24) is 10.2 Å². The van der Waals surface area contributed by atoms with Gasteiger partial charge in [0, 0.05) is 0 Å². The Hall–Kier alpha value is -1.38. The highest BCUT2D eigenvalue weighted by Gasteiger charge is 2.10. The van der Waals surface area contributed by atoms with E-state index in [-0.39, 0.29) is 5.92 Å². The van der Waals surface area contributed by atoms with Crippen molar-refractivity contribution in [2.24, 2.45) is 0 Å². The van der Waals surface area contributed by atoms with Crippen molar-refractivity contribution in [1.29, 1.82) is 0 Å². The molecule has 0 fully saturated rings. The standard InChI is InChI=1S/C7H6N2O/c1-2-4-6(3-1)7-9-8-5-10-7/h1-6H. The average molecular weight is 134 g/mol. The molecule has 0 atom stereocenters. The summed E-state index contributed by atoms with van der Waals surface area (Å²) in [5.41, 5.74) is 0. The van der Waals surface area contributed by atoms with Crippen LogP contribution in [0.5, 0.6) is 0 Å². The van der Waals surface area contributed by atoms with Crippen LogP contribution in [0.15, 0.2) is 35.1 Å². The Morgan fingerprint density at radius 3 is 2.70 bits per heavy atom. The van der Waals surface area contributed by atoms with E-state index in [4.69, 9.17) is 4.42 Å². The summed E-state index contributed by atoms with van der Waals surface area (Å²) < 4.78 is 4.99. The number of hydrogen-bond donors (Lipinski definition) is 0. The molecule has 1 aromatic rings. The predicted molar refractivity (Wildman–Crippen MR) is 35.3 cm³/mol. The zero-order valence-electron chi connectivity index (χ0n) is 5.27. The topological polar surface area (TPSA) is 38.9 Å². The fourth-order valence-corrected chi connectivity index (χ4v) is 0.923. The first-order valence-electron chi connectivity index (χ1n) is 3.08. The van der Waals surface area contributed by atoms with Gasteiger partial charge in [0.1, 0.15) is 0 Å². The molecule has 0 spiro atoms. The molecule has 3 heteroatoms. The van der Waals surface area contributed by atoms with E-state index >= 15 is 0 Å². The fourth-order valence-electron chi connectivity index (χ4n) is 0.923. The lowest BCUT2D eigenvalue weighted by atomic mass is 10.2. The van der Waals surface area contributed by atoms with Gasteiger partial charge in [0.2, 0.25) is 12.3 Å². The van der Waals surface area contributed by atoms with E-state index in [2.05, 4.69) is 10.2 Å². The Morgan fingerprint density at radius 2 is 2.10 bits per heavy atom. The molecule has 0 amide bonds. The van der Waals surface area contributed by atoms with Crippen LogP contribution in [0.2, 0.25) is 0 Å². The highest BCUT2D eigenvalue weighted by atomic mass is 16.4. The third kappa shape index (κ3) is 0.757. The van der Waals surface area contributed by atoms with Crippen LogP contribution in [0.4, 0.5) is 0 Å². The summed E-state index contributed by atoms with van der Waals surface area (Å²) in [7, 11) is 0. The van der Waals surface area contributed by atoms with E-state index in [1.54, 1.807) is 0 Å². The van der Waals surface area contributed by atoms with Crippen molar-refractivity contribution >= 4 is 0 Å². The summed E-state index contributed by atoms with van der Waals surface area (Å²) in [5.74, 6) is 0.854. The minimum absolute atomic E-state index is 0.197. The Labute approximate surface area is 58.1 Å². The third-order valence-electron chi connectivity index (χ3n) is 1.41. The first-order valence-corrected chi connectivity index (χ1v) is 3.08. The number of aromatic nitrogens is 2. The van der Waals surface area contributed by atoms with Crippen LogP contribution in [0, 0.1) is 0 Å². The summed E-state index contributed by atoms with van der Waals surface area (Å²) in [6.45, 7) is 0. The molecular formula is C7H6N2O. The van der Waals surface area contributed by atoms with Crippen molar-refractivity contribution in [2.45, 2.75) is 5.92 Å². The Balaban J connectivity index is 2.29. The largest absolute Gasteiger partial charge is 0.427 e. The normalized spacial score (nSPS) is 16.8. The van der Waals surface area contributed by atoms with Gasteiger partial charge in [-0.25, -0.2) is 0 Å². The SMILES string of the molecule is C1=CC(c2nnco2)C=C1. The van der Waals surface area contributed by atoms with Crippen LogP contribution in [-0.2, 0) is 0 Å². The summed E-state index contributed by atoms with van der Waals surface area (Å²) in [4.78, 5) is 0. The molecule has 0 bridgehead atoms. The number of rotatable bonds is 1. The Morgan fingerprint density at radius 1 is 1.30 bits per heavy atom. The molecule has 1 heterocycles. The molecule has 2 rings (SSSR count). The van der Waals surface area contributed by atoms with Gasteiger partial charge in [0.25, 0.3) is 0 Å². The van der Waals surface area contributed by atoms with Crippen molar-refractivity contribution in [3.05, 3.63) is 36.6 Å². The predicted octanol–water partition coefficient (Wildman–Crippen LogP) is 1.28. The second kappa shape index (κ2) is 2.10. The summed E-state index contributed by atoms with van der Waals surface area (Å²) in [6, 6.07) is 0. The number of nitrogens with zero attached hydrogens (tertiary/aromatic N) is 2. The maximum absolute atomic E-state index is 4.99. The third-order valence-corrected chi connectivity index (χ3v) is 1.41. The van der Waals surface area contributed by atoms with E-state index in [0.717, 1.165) is 0 Å². The minimum atomic E-state index is 0.197. The van der Waals surface area contributed by atoms with Gasteiger partial charge in [-0.15, -0.1) is 10.2 Å². The molecule has 0 aromatic carbocycles. The van der Waals surface area contributed by atoms with Gasteiger partial charge < -0.3 is 4.42 Å². The highest BCUT2D eigenvalue weighted by Crippen LogP contribution is 2.19. The van der Waals surface area contributed by atoms with Crippen LogP contribution in [0.25, 0.3) is 0 Å². The number of hydrogen-bond acceptors (Lipinski definition) is 3. The van der Waals surface area contributed by atoms with Gasteiger partial charge in [-0.05, 0) is 0 Å². The second-order valence-corrected chi connectivity index (χ2v) is 2.07. The fraction of sp³-hybridized carbons (Fsp3) is 0.143. The first-order chi connectivity index (χ1) is 4.97. The van der Waals surface area contributed by atoms with E-state index in [1.165, 1.54) is 6.39 Å². The highest BCUT2D eigenvalue weighted by molar-refractivity contribution is 5.25. The molecule has 50 valence electrons. The minimum Gasteiger partial charge on any atom is -0.427 e. The van der Waals surface area contributed by atoms with Crippen LogP contribution < -0.4 is 0 Å². The molecule has 0 unspecified atom stereocenters. The molecule has 1 aliphatic carbocycles. The summed E-state index contributed by atoms with van der Waals surface area (Å²) in [6.07, 6.45) is 9.29. The lowest BCUT2D eigenvalue weighted by Crippen LogP contribution is -1.87. The summed E-state index contributed by atoms with van der Waals surface area (Å²) in [5, 5.41) is 7.36. The molecule has 0 saturated carbocycles. The van der Waals surface area contributed by atoms with E-state index in [0.29, 0.717) is 5.89 Å². The van der Waals surface area contributed by atoms with Gasteiger partial charge >= 0.3 is 0 Å². The van der Waals surface area contributed by atoms with Crippen LogP contribution >= 0.6 is 0 Å². The lowest BCUT2D eigenvalue weighted by Gasteiger charge is -1.93. The van der Waals surface area contributed by atoms with Crippen LogP contribution in [0.3, 0.4) is 0 Å². The lowest BCUT2D eigenvalue weighted by molar-refractivity contribution is 0.494. The Kier molecular flexibility index (Phi) is 1.13. The first kappa shape index (κ1) is 5.41. The zero-order chi connectivity index (χ0) is 6.81. The second-order valence-electron chi connectivity index (χ2n) is 2.07. The van der Waals surface area contributed by atoms with E-state index < -0.39 is 0 Å². The molecule has 1 aromatic heterocycles. The molecule has 0 saturated heterocycles. The van der Waals surface area contributed by atoms with Gasteiger partial charge in [0.05, 0.1) is 5.92 Å². The maximum Gasteiger partial charge on any atom is 0.226 e. The molecule has 1 aliphatic rings. The molecular weight excluding hydrogens is 128 g/mol. The Bertz CT molecular complexity index is 249. The van der Waals surface area contributed by atoms with Gasteiger partial charge in [-0.1, -0.05) is 24.3 Å². The van der Waals surface area contributed by atoms with E-state index in [1.807, 2.05) is 24.3 Å². The van der Waals surface area contributed by atoms with E-state index in [9.17, 15) is 0 Å². The average Bonchev–Trinajstić information content (AvgIpc) is 2.59. The van der Waals surface area contributed by atoms with Gasteiger partial charge in [-0.3, -0.25) is 0 Å². The van der Waals surface area contributed by atoms with Gasteiger partial charge in [0.15, 0.2) is 0 Å². The van der Waals surface area contributed by atoms with Crippen molar-refractivity contribution in [3.8, 4) is 0 Å². The zero-order valence-corrected chi connectivity index (χ0v) is 5.27. The maximum atomic E-state index is 4.99. The molecule has 0 aliphatic heterocycles. The molecule has 3 nitrogen and oxygen atoms in total. The van der Waals surface area contributed by atoms with Crippen LogP contribution in [-0.4, -0.2) is 10.2 Å². The quantitative estimate of drug-likeness (QED) is 0.580. The van der Waals surface area contributed by atoms with Crippen molar-refractivity contribution in [3.63, 3.8) is 0 Å². The van der Waals surface area contributed by atoms with Crippen molar-refractivity contribution in [2.75, 3.05) is 0 Å². The smallest absolute Gasteiger partial charge is 0.226 e.